The number of nitriles is 1. The minimum Gasteiger partial charge on any atom is -0.465 e. The van der Waals surface area contributed by atoms with Crippen LogP contribution in [-0.2, 0) is 9.53 Å². The zero-order valence-corrected chi connectivity index (χ0v) is 32.3. The molecule has 5 nitrogen and oxygen atoms in total. The van der Waals surface area contributed by atoms with Gasteiger partial charge in [-0.15, -0.1) is 0 Å². The van der Waals surface area contributed by atoms with Crippen molar-refractivity contribution in [3.05, 3.63) is 24.3 Å². The van der Waals surface area contributed by atoms with Crippen molar-refractivity contribution in [1.29, 1.82) is 5.26 Å². The SMILES string of the molecule is CCCCC/C=C\C/C=C\CCCCCCCCN(CCC#N)CCCCCCCCCCOC(=O)CNCCCCCCCCCC. The Morgan fingerprint density at radius 2 is 1.04 bits per heavy atom. The summed E-state index contributed by atoms with van der Waals surface area (Å²) >= 11 is 0. The zero-order valence-electron chi connectivity index (χ0n) is 32.3. The summed E-state index contributed by atoms with van der Waals surface area (Å²) in [6, 6.07) is 2.34. The Morgan fingerprint density at radius 3 is 1.60 bits per heavy atom. The van der Waals surface area contributed by atoms with E-state index in [1.54, 1.807) is 0 Å². The molecule has 5 heteroatoms. The maximum Gasteiger partial charge on any atom is 0.319 e. The molecule has 0 amide bonds. The fourth-order valence-electron chi connectivity index (χ4n) is 6.18. The van der Waals surface area contributed by atoms with Crippen LogP contribution in [0.4, 0.5) is 0 Å². The number of unbranched alkanes of at least 4 members (excludes halogenated alkanes) is 23. The molecule has 48 heavy (non-hydrogen) atoms. The van der Waals surface area contributed by atoms with Gasteiger partial charge in [-0.05, 0) is 77.4 Å². The fourth-order valence-corrected chi connectivity index (χ4v) is 6.18. The van der Waals surface area contributed by atoms with Gasteiger partial charge in [-0.3, -0.25) is 4.79 Å². The van der Waals surface area contributed by atoms with Gasteiger partial charge in [0.1, 0.15) is 0 Å². The summed E-state index contributed by atoms with van der Waals surface area (Å²) in [4.78, 5) is 14.4. The van der Waals surface area contributed by atoms with Crippen LogP contribution in [-0.4, -0.2) is 50.2 Å². The molecule has 0 aromatic carbocycles. The molecule has 0 aromatic heterocycles. The summed E-state index contributed by atoms with van der Waals surface area (Å²) < 4.78 is 5.39. The predicted molar refractivity (Wildman–Crippen MR) is 209 cm³/mol. The molecule has 0 heterocycles. The molecule has 0 rings (SSSR count). The molecule has 0 aliphatic rings. The molecule has 280 valence electrons. The van der Waals surface area contributed by atoms with Crippen molar-refractivity contribution in [2.75, 3.05) is 39.3 Å². The first-order chi connectivity index (χ1) is 23.7. The molecule has 0 unspecified atom stereocenters. The lowest BCUT2D eigenvalue weighted by molar-refractivity contribution is -0.142. The Morgan fingerprint density at radius 1 is 0.583 bits per heavy atom. The van der Waals surface area contributed by atoms with E-state index in [0.717, 1.165) is 51.9 Å². The molecule has 0 atom stereocenters. The second kappa shape index (κ2) is 41.5. The second-order valence-electron chi connectivity index (χ2n) is 14.0. The Bertz CT molecular complexity index is 745. The Balaban J connectivity index is 3.55. The lowest BCUT2D eigenvalue weighted by atomic mass is 10.1. The van der Waals surface area contributed by atoms with Crippen LogP contribution < -0.4 is 5.32 Å². The van der Waals surface area contributed by atoms with E-state index in [-0.39, 0.29) is 5.97 Å². The molecule has 0 radical (unpaired) electrons. The summed E-state index contributed by atoms with van der Waals surface area (Å²) in [5.41, 5.74) is 0. The third-order valence-corrected chi connectivity index (χ3v) is 9.32. The minimum atomic E-state index is -0.107. The number of esters is 1. The average Bonchev–Trinajstić information content (AvgIpc) is 3.09. The van der Waals surface area contributed by atoms with Crippen LogP contribution in [0.25, 0.3) is 0 Å². The first-order valence-electron chi connectivity index (χ1n) is 21.0. The predicted octanol–water partition coefficient (Wildman–Crippen LogP) is 12.4. The van der Waals surface area contributed by atoms with Crippen molar-refractivity contribution in [3.8, 4) is 6.07 Å². The number of allylic oxidation sites excluding steroid dienone is 4. The number of carbonyl (C=O) groups is 1. The van der Waals surface area contributed by atoms with Crippen molar-refractivity contribution >= 4 is 5.97 Å². The molecule has 0 saturated carbocycles. The van der Waals surface area contributed by atoms with Crippen molar-refractivity contribution in [2.45, 2.75) is 200 Å². The van der Waals surface area contributed by atoms with Gasteiger partial charge >= 0.3 is 5.97 Å². The third kappa shape index (κ3) is 38.8. The van der Waals surface area contributed by atoms with Crippen LogP contribution in [0.5, 0.6) is 0 Å². The lowest BCUT2D eigenvalue weighted by Gasteiger charge is -2.21. The van der Waals surface area contributed by atoms with E-state index in [0.29, 0.717) is 19.6 Å². The number of nitrogens with one attached hydrogen (secondary N) is 1. The molecular weight excluding hydrogens is 590 g/mol. The number of rotatable bonds is 39. The zero-order chi connectivity index (χ0) is 34.9. The van der Waals surface area contributed by atoms with Gasteiger partial charge in [0, 0.05) is 13.0 Å². The van der Waals surface area contributed by atoms with Crippen molar-refractivity contribution < 1.29 is 9.53 Å². The lowest BCUT2D eigenvalue weighted by Crippen LogP contribution is -2.27. The summed E-state index contributed by atoms with van der Waals surface area (Å²) in [5.74, 6) is -0.107. The molecule has 0 spiro atoms. The Hall–Kier alpha value is -1.64. The first kappa shape index (κ1) is 46.4. The molecule has 0 bridgehead atoms. The highest BCUT2D eigenvalue weighted by Gasteiger charge is 2.05. The summed E-state index contributed by atoms with van der Waals surface area (Å²) in [7, 11) is 0. The molecule has 0 aromatic rings. The summed E-state index contributed by atoms with van der Waals surface area (Å²) in [5, 5.41) is 12.3. The maximum absolute atomic E-state index is 11.9. The van der Waals surface area contributed by atoms with E-state index >= 15 is 0 Å². The van der Waals surface area contributed by atoms with E-state index in [2.05, 4.69) is 54.4 Å². The van der Waals surface area contributed by atoms with E-state index in [9.17, 15) is 4.79 Å². The molecule has 0 fully saturated rings. The number of carbonyl (C=O) groups excluding carboxylic acids is 1. The minimum absolute atomic E-state index is 0.107. The van der Waals surface area contributed by atoms with Gasteiger partial charge in [0.25, 0.3) is 0 Å². The quantitative estimate of drug-likeness (QED) is 0.0400. The van der Waals surface area contributed by atoms with Crippen LogP contribution in [0.3, 0.4) is 0 Å². The number of nitrogens with zero attached hydrogens (tertiary/aromatic N) is 2. The maximum atomic E-state index is 11.9. The molecule has 0 aliphatic carbocycles. The molecule has 1 N–H and O–H groups in total. The Kier molecular flexibility index (Phi) is 40.1. The van der Waals surface area contributed by atoms with Crippen molar-refractivity contribution in [3.63, 3.8) is 0 Å². The van der Waals surface area contributed by atoms with Gasteiger partial charge < -0.3 is 15.0 Å². The van der Waals surface area contributed by atoms with Gasteiger partial charge in [0.15, 0.2) is 0 Å². The van der Waals surface area contributed by atoms with Crippen LogP contribution in [0.1, 0.15) is 200 Å². The fraction of sp³-hybridized carbons (Fsp3) is 0.860. The molecule has 0 aliphatic heterocycles. The highest BCUT2D eigenvalue weighted by atomic mass is 16.5. The normalized spacial score (nSPS) is 11.7. The topological polar surface area (TPSA) is 65.4 Å². The average molecular weight is 672 g/mol. The van der Waals surface area contributed by atoms with E-state index < -0.39 is 0 Å². The Labute approximate surface area is 300 Å². The van der Waals surface area contributed by atoms with Crippen LogP contribution >= 0.6 is 0 Å². The van der Waals surface area contributed by atoms with Crippen LogP contribution in [0, 0.1) is 11.3 Å². The molecule has 0 saturated heterocycles. The highest BCUT2D eigenvalue weighted by Crippen LogP contribution is 2.12. The number of ether oxygens (including phenoxy) is 1. The number of hydrogen-bond donors (Lipinski definition) is 1. The second-order valence-corrected chi connectivity index (χ2v) is 14.0. The standard InChI is InChI=1S/C43H81N3O2/c1-3-5-7-9-11-13-14-15-16-17-18-19-20-24-28-32-38-46(40-35-36-44)39-33-29-25-21-22-26-30-34-41-48-43(47)42-45-37-31-27-23-12-10-8-6-4-2/h11,13,15-16,45H,3-10,12,14,17-35,37-42H2,1-2H3/b13-11-,16-15-. The van der Waals surface area contributed by atoms with Crippen LogP contribution in [0.15, 0.2) is 24.3 Å². The van der Waals surface area contributed by atoms with Gasteiger partial charge in [-0.25, -0.2) is 0 Å². The first-order valence-corrected chi connectivity index (χ1v) is 21.0. The van der Waals surface area contributed by atoms with Gasteiger partial charge in [-0.2, -0.15) is 5.26 Å². The third-order valence-electron chi connectivity index (χ3n) is 9.32. The molecular formula is C43H81N3O2. The van der Waals surface area contributed by atoms with Crippen LogP contribution in [0.2, 0.25) is 0 Å². The highest BCUT2D eigenvalue weighted by molar-refractivity contribution is 5.71. The van der Waals surface area contributed by atoms with Gasteiger partial charge in [0.05, 0.1) is 19.2 Å². The van der Waals surface area contributed by atoms with Crippen molar-refractivity contribution in [2.24, 2.45) is 0 Å². The summed E-state index contributed by atoms with van der Waals surface area (Å²) in [6.07, 6.45) is 45.7. The smallest absolute Gasteiger partial charge is 0.319 e. The van der Waals surface area contributed by atoms with E-state index in [1.807, 2.05) is 0 Å². The summed E-state index contributed by atoms with van der Waals surface area (Å²) in [6.45, 7) is 9.56. The monoisotopic (exact) mass is 672 g/mol. The largest absolute Gasteiger partial charge is 0.465 e. The van der Waals surface area contributed by atoms with Crippen molar-refractivity contribution in [1.82, 2.24) is 10.2 Å². The van der Waals surface area contributed by atoms with Gasteiger partial charge in [-0.1, -0.05) is 160 Å². The van der Waals surface area contributed by atoms with E-state index in [4.69, 9.17) is 10.00 Å². The van der Waals surface area contributed by atoms with Gasteiger partial charge in [0.2, 0.25) is 0 Å². The van der Waals surface area contributed by atoms with E-state index in [1.165, 1.54) is 154 Å². The number of hydrogen-bond acceptors (Lipinski definition) is 5.